The zero-order valence-electron chi connectivity index (χ0n) is 5.48. The quantitative estimate of drug-likeness (QED) is 0.527. The molecule has 0 aliphatic heterocycles. The maximum absolute atomic E-state index is 3.62. The van der Waals surface area contributed by atoms with Gasteiger partial charge < -0.3 is 0 Å². The van der Waals surface area contributed by atoms with Crippen molar-refractivity contribution in [2.45, 2.75) is 13.8 Å². The Bertz CT molecular complexity index is 92.6. The smallest absolute Gasteiger partial charge is 0.0154 e. The molecular weight excluding hydrogens is 116 g/mol. The Kier molecular flexibility index (Phi) is 4.87. The molecule has 0 saturated heterocycles. The average Bonchev–Trinajstić information content (AvgIpc) is 1.83. The van der Waals surface area contributed by atoms with E-state index in [2.05, 4.69) is 19.6 Å². The molecule has 0 aromatic rings. The molecule has 0 atom stereocenters. The Hall–Kier alpha value is -0.170. The van der Waals surface area contributed by atoms with Crippen LogP contribution < -0.4 is 0 Å². The zero-order valence-corrected chi connectivity index (χ0v) is 6.29. The Balaban J connectivity index is 3.24. The second kappa shape index (κ2) is 4.98. The fraction of sp³-hybridized carbons (Fsp3) is 0.429. The molecule has 0 nitrogen and oxygen atoms in total. The highest BCUT2D eigenvalue weighted by atomic mass is 32.2. The third kappa shape index (κ3) is 4.00. The van der Waals surface area contributed by atoms with E-state index in [1.807, 2.05) is 24.8 Å². The fourth-order valence-electron chi connectivity index (χ4n) is 0.274. The summed E-state index contributed by atoms with van der Waals surface area (Å²) in [4.78, 5) is 1.37. The lowest BCUT2D eigenvalue weighted by Gasteiger charge is -1.92. The highest BCUT2D eigenvalue weighted by Gasteiger charge is 1.81. The van der Waals surface area contributed by atoms with Crippen molar-refractivity contribution in [1.82, 2.24) is 0 Å². The van der Waals surface area contributed by atoms with Crippen LogP contribution in [0.25, 0.3) is 0 Å². The standard InChI is InChI=1S/C7H12S/c1-4-6-8-7(3)5-2/h4-5H,1,6H2,2-3H3/b7-5-. The first kappa shape index (κ1) is 7.83. The number of hydrogen-bond acceptors (Lipinski definition) is 1. The molecule has 0 spiro atoms. The summed E-state index contributed by atoms with van der Waals surface area (Å²) in [5.74, 6) is 1.02. The maximum atomic E-state index is 3.62. The molecule has 46 valence electrons. The van der Waals surface area contributed by atoms with Gasteiger partial charge in [0, 0.05) is 5.75 Å². The van der Waals surface area contributed by atoms with Gasteiger partial charge in [0.05, 0.1) is 0 Å². The molecule has 0 fully saturated rings. The number of hydrogen-bond donors (Lipinski definition) is 0. The van der Waals surface area contributed by atoms with E-state index in [-0.39, 0.29) is 0 Å². The topological polar surface area (TPSA) is 0 Å². The van der Waals surface area contributed by atoms with Gasteiger partial charge >= 0.3 is 0 Å². The van der Waals surface area contributed by atoms with Crippen molar-refractivity contribution in [3.63, 3.8) is 0 Å². The van der Waals surface area contributed by atoms with Crippen molar-refractivity contribution in [3.05, 3.63) is 23.6 Å². The van der Waals surface area contributed by atoms with E-state index in [1.54, 1.807) is 0 Å². The van der Waals surface area contributed by atoms with Gasteiger partial charge in [0.15, 0.2) is 0 Å². The van der Waals surface area contributed by atoms with Crippen LogP contribution >= 0.6 is 11.8 Å². The van der Waals surface area contributed by atoms with Crippen LogP contribution in [0.5, 0.6) is 0 Å². The van der Waals surface area contributed by atoms with Gasteiger partial charge in [0.25, 0.3) is 0 Å². The molecule has 0 rings (SSSR count). The molecule has 0 aromatic heterocycles. The summed E-state index contributed by atoms with van der Waals surface area (Å²) in [5, 5.41) is 0. The highest BCUT2D eigenvalue weighted by molar-refractivity contribution is 8.03. The van der Waals surface area contributed by atoms with Crippen molar-refractivity contribution in [1.29, 1.82) is 0 Å². The summed E-state index contributed by atoms with van der Waals surface area (Å²) < 4.78 is 0. The lowest BCUT2D eigenvalue weighted by Crippen LogP contribution is -1.68. The minimum absolute atomic E-state index is 1.02. The summed E-state index contributed by atoms with van der Waals surface area (Å²) in [6.45, 7) is 7.77. The SMILES string of the molecule is C=CCS/C(C)=C\C. The van der Waals surface area contributed by atoms with Crippen molar-refractivity contribution in [2.75, 3.05) is 5.75 Å². The van der Waals surface area contributed by atoms with Crippen LogP contribution in [0.1, 0.15) is 13.8 Å². The van der Waals surface area contributed by atoms with Gasteiger partial charge in [-0.2, -0.15) is 0 Å². The second-order valence-corrected chi connectivity index (χ2v) is 2.76. The van der Waals surface area contributed by atoms with E-state index in [4.69, 9.17) is 0 Å². The van der Waals surface area contributed by atoms with Gasteiger partial charge in [-0.25, -0.2) is 0 Å². The van der Waals surface area contributed by atoms with Crippen molar-refractivity contribution >= 4 is 11.8 Å². The van der Waals surface area contributed by atoms with Gasteiger partial charge in [-0.05, 0) is 18.8 Å². The normalized spacial score (nSPS) is 11.5. The third-order valence-electron chi connectivity index (χ3n) is 0.835. The maximum Gasteiger partial charge on any atom is 0.0154 e. The Labute approximate surface area is 55.7 Å². The first-order valence-corrected chi connectivity index (χ1v) is 3.66. The summed E-state index contributed by atoms with van der Waals surface area (Å²) >= 11 is 1.82. The van der Waals surface area contributed by atoms with Gasteiger partial charge in [0.1, 0.15) is 0 Å². The lowest BCUT2D eigenvalue weighted by atomic mass is 10.6. The highest BCUT2D eigenvalue weighted by Crippen LogP contribution is 2.12. The van der Waals surface area contributed by atoms with Gasteiger partial charge in [-0.3, -0.25) is 0 Å². The van der Waals surface area contributed by atoms with Crippen molar-refractivity contribution in [3.8, 4) is 0 Å². The number of allylic oxidation sites excluding steroid dienone is 2. The van der Waals surface area contributed by atoms with Crippen molar-refractivity contribution in [2.24, 2.45) is 0 Å². The summed E-state index contributed by atoms with van der Waals surface area (Å²) in [5.41, 5.74) is 0. The van der Waals surface area contributed by atoms with Crippen LogP contribution in [0, 0.1) is 0 Å². The van der Waals surface area contributed by atoms with E-state index in [9.17, 15) is 0 Å². The molecule has 8 heavy (non-hydrogen) atoms. The molecule has 0 N–H and O–H groups in total. The summed E-state index contributed by atoms with van der Waals surface area (Å²) in [6, 6.07) is 0. The average molecular weight is 128 g/mol. The monoisotopic (exact) mass is 128 g/mol. The molecule has 0 radical (unpaired) electrons. The van der Waals surface area contributed by atoms with Crippen molar-refractivity contribution < 1.29 is 0 Å². The molecule has 0 aliphatic carbocycles. The van der Waals surface area contributed by atoms with E-state index >= 15 is 0 Å². The van der Waals surface area contributed by atoms with E-state index in [0.717, 1.165) is 5.75 Å². The van der Waals surface area contributed by atoms with Crippen LogP contribution in [0.4, 0.5) is 0 Å². The Morgan fingerprint density at radius 3 is 2.75 bits per heavy atom. The Morgan fingerprint density at radius 2 is 2.38 bits per heavy atom. The molecule has 0 saturated carbocycles. The lowest BCUT2D eigenvalue weighted by molar-refractivity contribution is 1.59. The molecule has 0 aromatic carbocycles. The number of rotatable bonds is 3. The molecule has 0 amide bonds. The molecule has 0 heterocycles. The number of thioether (sulfide) groups is 1. The third-order valence-corrected chi connectivity index (χ3v) is 1.93. The summed E-state index contributed by atoms with van der Waals surface area (Å²) in [7, 11) is 0. The minimum atomic E-state index is 1.02. The summed E-state index contributed by atoms with van der Waals surface area (Å²) in [6.07, 6.45) is 4.02. The van der Waals surface area contributed by atoms with E-state index in [0.29, 0.717) is 0 Å². The zero-order chi connectivity index (χ0) is 6.41. The van der Waals surface area contributed by atoms with Gasteiger partial charge in [-0.15, -0.1) is 18.3 Å². The van der Waals surface area contributed by atoms with Crippen LogP contribution in [0.15, 0.2) is 23.6 Å². The first-order valence-electron chi connectivity index (χ1n) is 2.68. The first-order chi connectivity index (χ1) is 3.81. The molecule has 0 bridgehead atoms. The largest absolute Gasteiger partial charge is 0.127 e. The predicted molar refractivity (Wildman–Crippen MR) is 42.1 cm³/mol. The van der Waals surface area contributed by atoms with Crippen LogP contribution in [-0.2, 0) is 0 Å². The van der Waals surface area contributed by atoms with E-state index < -0.39 is 0 Å². The van der Waals surface area contributed by atoms with Crippen LogP contribution in [0.2, 0.25) is 0 Å². The molecule has 0 unspecified atom stereocenters. The van der Waals surface area contributed by atoms with Crippen LogP contribution in [-0.4, -0.2) is 5.75 Å². The minimum Gasteiger partial charge on any atom is -0.127 e. The predicted octanol–water partition coefficient (Wildman–Crippen LogP) is 2.83. The second-order valence-electron chi connectivity index (χ2n) is 1.50. The fourth-order valence-corrected chi connectivity index (χ4v) is 0.821. The molecule has 1 heteroatoms. The molecular formula is C7H12S. The van der Waals surface area contributed by atoms with Gasteiger partial charge in [0.2, 0.25) is 0 Å². The van der Waals surface area contributed by atoms with E-state index in [1.165, 1.54) is 4.91 Å². The van der Waals surface area contributed by atoms with Crippen LogP contribution in [0.3, 0.4) is 0 Å². The Morgan fingerprint density at radius 1 is 1.75 bits per heavy atom. The van der Waals surface area contributed by atoms with Gasteiger partial charge in [-0.1, -0.05) is 12.2 Å². The molecule has 0 aliphatic rings.